The first-order valence-corrected chi connectivity index (χ1v) is 15.8. The fourth-order valence-corrected chi connectivity index (χ4v) is 5.46. The van der Waals surface area contributed by atoms with Gasteiger partial charge in [0.25, 0.3) is 0 Å². The molecule has 1 N–H and O–H groups in total. The first-order chi connectivity index (χ1) is 19.6. The molecule has 1 aliphatic carbocycles. The highest BCUT2D eigenvalue weighted by molar-refractivity contribution is 5.68. The predicted octanol–water partition coefficient (Wildman–Crippen LogP) is 10.4. The van der Waals surface area contributed by atoms with Crippen LogP contribution in [0.2, 0.25) is 0 Å². The van der Waals surface area contributed by atoms with E-state index in [1.807, 2.05) is 12.4 Å². The average Bonchev–Trinajstić information content (AvgIpc) is 3.53. The number of unbranched alkanes of at least 4 members (excludes halogenated alkanes) is 8. The normalized spacial score (nSPS) is 13.2. The lowest BCUT2D eigenvalue weighted by Crippen LogP contribution is -1.93. The maximum absolute atomic E-state index is 10.0. The van der Waals surface area contributed by atoms with Crippen molar-refractivity contribution in [1.82, 2.24) is 9.97 Å². The quantitative estimate of drug-likeness (QED) is 0.194. The second-order valence-electron chi connectivity index (χ2n) is 11.3. The molecule has 1 heterocycles. The van der Waals surface area contributed by atoms with Gasteiger partial charge in [0.1, 0.15) is 0 Å². The molecule has 1 saturated carbocycles. The molecule has 0 saturated heterocycles. The van der Waals surface area contributed by atoms with Crippen LogP contribution in [-0.4, -0.2) is 21.0 Å². The van der Waals surface area contributed by atoms with E-state index in [2.05, 4.69) is 72.3 Å². The molecule has 2 aromatic carbocycles. The summed E-state index contributed by atoms with van der Waals surface area (Å²) < 4.78 is 0. The van der Waals surface area contributed by atoms with Gasteiger partial charge in [0.15, 0.2) is 5.82 Å². The van der Waals surface area contributed by atoms with Gasteiger partial charge in [-0.25, -0.2) is 9.97 Å². The fourth-order valence-electron chi connectivity index (χ4n) is 5.46. The second-order valence-corrected chi connectivity index (χ2v) is 11.3. The second kappa shape index (κ2) is 18.4. The zero-order valence-electron chi connectivity index (χ0n) is 24.9. The SMILES string of the molecule is CCCCCCCC(=O)O.CCCCCCCc1cnc(-c2ccc(-c3ccc(C4CCCC4)cc3)cc2)nc1. The number of benzene rings is 2. The molecule has 4 rings (SSSR count). The molecule has 0 unspecified atom stereocenters. The number of hydrogen-bond acceptors (Lipinski definition) is 3. The van der Waals surface area contributed by atoms with Crippen LogP contribution in [-0.2, 0) is 11.2 Å². The maximum Gasteiger partial charge on any atom is 0.303 e. The third-order valence-corrected chi connectivity index (χ3v) is 7.98. The molecule has 4 heteroatoms. The van der Waals surface area contributed by atoms with Crippen molar-refractivity contribution in [3.8, 4) is 22.5 Å². The molecule has 0 radical (unpaired) electrons. The van der Waals surface area contributed by atoms with Crippen LogP contribution in [0.5, 0.6) is 0 Å². The number of aromatic nitrogens is 2. The van der Waals surface area contributed by atoms with Crippen LogP contribution < -0.4 is 0 Å². The zero-order chi connectivity index (χ0) is 28.4. The Kier molecular flexibility index (Phi) is 14.5. The van der Waals surface area contributed by atoms with E-state index in [4.69, 9.17) is 5.11 Å². The average molecular weight is 543 g/mol. The lowest BCUT2D eigenvalue weighted by atomic mass is 9.95. The molecule has 1 fully saturated rings. The Hall–Kier alpha value is -3.01. The lowest BCUT2D eigenvalue weighted by molar-refractivity contribution is -0.137. The Morgan fingerprint density at radius 1 is 0.700 bits per heavy atom. The molecule has 0 spiro atoms. The van der Waals surface area contributed by atoms with Crippen molar-refractivity contribution in [2.75, 3.05) is 0 Å². The molecule has 216 valence electrons. The zero-order valence-corrected chi connectivity index (χ0v) is 24.9. The van der Waals surface area contributed by atoms with Gasteiger partial charge >= 0.3 is 5.97 Å². The van der Waals surface area contributed by atoms with Crippen LogP contribution in [0, 0.1) is 0 Å². The molecule has 1 aromatic heterocycles. The summed E-state index contributed by atoms with van der Waals surface area (Å²) in [5, 5.41) is 8.27. The van der Waals surface area contributed by atoms with Crippen LogP contribution in [0.4, 0.5) is 0 Å². The van der Waals surface area contributed by atoms with Crippen molar-refractivity contribution in [3.63, 3.8) is 0 Å². The number of carboxylic acids is 1. The standard InChI is InChI=1S/C28H34N2.C8H16O2/c1-2-3-4-5-6-9-22-20-29-28(30-21-22)27-18-16-26(17-19-27)25-14-12-24(13-15-25)23-10-7-8-11-23;1-2-3-4-5-6-7-8(9)10/h12-21,23H,2-11H2,1H3;2-7H2,1H3,(H,9,10). The topological polar surface area (TPSA) is 63.1 Å². The third kappa shape index (κ3) is 11.2. The number of carboxylic acid groups (broad SMARTS) is 1. The fraction of sp³-hybridized carbons (Fsp3) is 0.528. The molecule has 0 amide bonds. The van der Waals surface area contributed by atoms with Crippen LogP contribution in [0.3, 0.4) is 0 Å². The molecule has 0 bridgehead atoms. The minimum atomic E-state index is -0.670. The van der Waals surface area contributed by atoms with Gasteiger partial charge in [-0.2, -0.15) is 0 Å². The van der Waals surface area contributed by atoms with Crippen molar-refractivity contribution in [1.29, 1.82) is 0 Å². The summed E-state index contributed by atoms with van der Waals surface area (Å²) in [5.41, 5.74) is 6.36. The number of aryl methyl sites for hydroxylation is 1. The first-order valence-electron chi connectivity index (χ1n) is 15.8. The van der Waals surface area contributed by atoms with Gasteiger partial charge in [-0.15, -0.1) is 0 Å². The predicted molar refractivity (Wildman–Crippen MR) is 168 cm³/mol. The first kappa shape index (κ1) is 31.5. The molecule has 40 heavy (non-hydrogen) atoms. The maximum atomic E-state index is 10.0. The molecule has 3 aromatic rings. The van der Waals surface area contributed by atoms with E-state index in [1.54, 1.807) is 0 Å². The van der Waals surface area contributed by atoms with Gasteiger partial charge in [0.2, 0.25) is 0 Å². The summed E-state index contributed by atoms with van der Waals surface area (Å²) in [7, 11) is 0. The van der Waals surface area contributed by atoms with Gasteiger partial charge in [-0.1, -0.05) is 127 Å². The van der Waals surface area contributed by atoms with Gasteiger partial charge in [0.05, 0.1) is 0 Å². The summed E-state index contributed by atoms with van der Waals surface area (Å²) in [4.78, 5) is 19.3. The van der Waals surface area contributed by atoms with Crippen molar-refractivity contribution in [2.45, 2.75) is 122 Å². The highest BCUT2D eigenvalue weighted by Crippen LogP contribution is 2.35. The van der Waals surface area contributed by atoms with E-state index in [0.29, 0.717) is 6.42 Å². The minimum Gasteiger partial charge on any atom is -0.481 e. The van der Waals surface area contributed by atoms with E-state index < -0.39 is 5.97 Å². The number of aliphatic carboxylic acids is 1. The van der Waals surface area contributed by atoms with E-state index in [9.17, 15) is 4.79 Å². The number of hydrogen-bond donors (Lipinski definition) is 1. The summed E-state index contributed by atoms with van der Waals surface area (Å²) in [6.45, 7) is 4.41. The van der Waals surface area contributed by atoms with Crippen molar-refractivity contribution in [2.24, 2.45) is 0 Å². The van der Waals surface area contributed by atoms with E-state index in [-0.39, 0.29) is 0 Å². The smallest absolute Gasteiger partial charge is 0.303 e. The van der Waals surface area contributed by atoms with Crippen molar-refractivity contribution in [3.05, 3.63) is 72.1 Å². The summed E-state index contributed by atoms with van der Waals surface area (Å²) in [6, 6.07) is 17.8. The molecular formula is C36H50N2O2. The molecule has 1 aliphatic rings. The van der Waals surface area contributed by atoms with Gasteiger partial charge in [-0.05, 0) is 60.3 Å². The van der Waals surface area contributed by atoms with Crippen LogP contribution >= 0.6 is 0 Å². The van der Waals surface area contributed by atoms with Gasteiger partial charge in [-0.3, -0.25) is 4.79 Å². The minimum absolute atomic E-state index is 0.337. The highest BCUT2D eigenvalue weighted by Gasteiger charge is 2.16. The number of nitrogens with zero attached hydrogens (tertiary/aromatic N) is 2. The summed E-state index contributed by atoms with van der Waals surface area (Å²) in [6.07, 6.45) is 23.0. The van der Waals surface area contributed by atoms with Crippen LogP contribution in [0.1, 0.15) is 127 Å². The Balaban J connectivity index is 0.000000378. The Labute approximate surface area is 242 Å². The Morgan fingerprint density at radius 2 is 1.20 bits per heavy atom. The van der Waals surface area contributed by atoms with Crippen LogP contribution in [0.15, 0.2) is 60.9 Å². The number of rotatable bonds is 15. The molecule has 0 aliphatic heterocycles. The third-order valence-electron chi connectivity index (χ3n) is 7.98. The number of carbonyl (C=O) groups is 1. The van der Waals surface area contributed by atoms with Crippen molar-refractivity contribution < 1.29 is 9.90 Å². The Bertz CT molecular complexity index is 1090. The van der Waals surface area contributed by atoms with Crippen molar-refractivity contribution >= 4 is 5.97 Å². The van der Waals surface area contributed by atoms with E-state index >= 15 is 0 Å². The summed E-state index contributed by atoms with van der Waals surface area (Å²) >= 11 is 0. The highest BCUT2D eigenvalue weighted by atomic mass is 16.4. The Morgan fingerprint density at radius 3 is 1.75 bits per heavy atom. The summed E-state index contributed by atoms with van der Waals surface area (Å²) in [5.74, 6) is 0.919. The van der Waals surface area contributed by atoms with Gasteiger partial charge < -0.3 is 5.11 Å². The largest absolute Gasteiger partial charge is 0.481 e. The van der Waals surface area contributed by atoms with Crippen LogP contribution in [0.25, 0.3) is 22.5 Å². The monoisotopic (exact) mass is 542 g/mol. The van der Waals surface area contributed by atoms with E-state index in [0.717, 1.165) is 36.6 Å². The van der Waals surface area contributed by atoms with E-state index in [1.165, 1.54) is 99.3 Å². The van der Waals surface area contributed by atoms with Gasteiger partial charge in [0, 0.05) is 24.4 Å². The molecule has 0 atom stereocenters. The molecule has 4 nitrogen and oxygen atoms in total. The molecular weight excluding hydrogens is 492 g/mol. The lowest BCUT2D eigenvalue weighted by Gasteiger charge is -2.10.